The maximum atomic E-state index is 12.6. The fourth-order valence-electron chi connectivity index (χ4n) is 3.39. The number of amides is 1. The van der Waals surface area contributed by atoms with Gasteiger partial charge < -0.3 is 14.8 Å². The van der Waals surface area contributed by atoms with Gasteiger partial charge in [-0.2, -0.15) is 0 Å². The molecule has 1 aliphatic carbocycles. The highest BCUT2D eigenvalue weighted by Crippen LogP contribution is 2.33. The van der Waals surface area contributed by atoms with Gasteiger partial charge in [-0.05, 0) is 73.6 Å². The van der Waals surface area contributed by atoms with Crippen LogP contribution in [0.1, 0.15) is 30.9 Å². The van der Waals surface area contributed by atoms with Crippen molar-refractivity contribution in [2.45, 2.75) is 32.2 Å². The quantitative estimate of drug-likeness (QED) is 0.431. The molecule has 2 N–H and O–H groups in total. The van der Waals surface area contributed by atoms with Crippen molar-refractivity contribution in [2.24, 2.45) is 5.92 Å². The Hall–Kier alpha value is -2.55. The van der Waals surface area contributed by atoms with E-state index >= 15 is 0 Å². The lowest BCUT2D eigenvalue weighted by Gasteiger charge is -2.17. The van der Waals surface area contributed by atoms with E-state index in [1.54, 1.807) is 14.0 Å². The average Bonchev–Trinajstić information content (AvgIpc) is 3.67. The molecule has 1 amide bonds. The van der Waals surface area contributed by atoms with Crippen LogP contribution in [-0.2, 0) is 21.2 Å². The summed E-state index contributed by atoms with van der Waals surface area (Å²) < 4.78 is 37.6. The van der Waals surface area contributed by atoms with Crippen LogP contribution in [0.3, 0.4) is 0 Å². The molecule has 0 aliphatic heterocycles. The zero-order chi connectivity index (χ0) is 24.6. The lowest BCUT2D eigenvalue weighted by molar-refractivity contribution is -0.123. The summed E-state index contributed by atoms with van der Waals surface area (Å²) in [5.74, 6) is 0.980. The highest BCUT2D eigenvalue weighted by molar-refractivity contribution is 7.89. The number of nitrogens with one attached hydrogen (secondary N) is 2. The molecular formula is C25H31ClN2O5S. The molecule has 0 aromatic heterocycles. The summed E-state index contributed by atoms with van der Waals surface area (Å²) in [7, 11) is -1.86. The van der Waals surface area contributed by atoms with Crippen molar-refractivity contribution in [2.75, 3.05) is 26.0 Å². The summed E-state index contributed by atoms with van der Waals surface area (Å²) in [5, 5.41) is 3.55. The van der Waals surface area contributed by atoms with Gasteiger partial charge in [0.2, 0.25) is 15.9 Å². The van der Waals surface area contributed by atoms with Gasteiger partial charge in [-0.25, -0.2) is 13.1 Å². The number of ether oxygens (including phenoxy) is 2. The predicted octanol–water partition coefficient (Wildman–Crippen LogP) is 3.82. The highest BCUT2D eigenvalue weighted by Gasteiger charge is 2.38. The Balaban J connectivity index is 1.49. The van der Waals surface area contributed by atoms with Crippen LogP contribution in [-0.4, -0.2) is 46.4 Å². The first kappa shape index (κ1) is 26.1. The van der Waals surface area contributed by atoms with Gasteiger partial charge in [-0.15, -0.1) is 0 Å². The molecule has 0 heterocycles. The normalized spacial score (nSPS) is 14.7. The first-order valence-electron chi connectivity index (χ1n) is 11.3. The van der Waals surface area contributed by atoms with Gasteiger partial charge in [0.05, 0.1) is 12.9 Å². The maximum absolute atomic E-state index is 12.6. The van der Waals surface area contributed by atoms with Gasteiger partial charge in [0.15, 0.2) is 11.5 Å². The Kier molecular flexibility index (Phi) is 9.38. The number of halogens is 1. The summed E-state index contributed by atoms with van der Waals surface area (Å²) in [6.45, 7) is 2.33. The lowest BCUT2D eigenvalue weighted by Crippen LogP contribution is -2.48. The summed E-state index contributed by atoms with van der Waals surface area (Å²) in [6.07, 6.45) is 6.16. The molecule has 34 heavy (non-hydrogen) atoms. The molecule has 1 unspecified atom stereocenters. The van der Waals surface area contributed by atoms with Crippen molar-refractivity contribution in [1.29, 1.82) is 0 Å². The SMILES string of the molecule is CCS(=O)(=O)NC(C(=O)NCCc1ccc(OCC=Cc2ccc(Cl)cc2)c(OC)c1)C1CC1. The summed E-state index contributed by atoms with van der Waals surface area (Å²) in [5.41, 5.74) is 2.00. The lowest BCUT2D eigenvalue weighted by atomic mass is 10.1. The second-order valence-electron chi connectivity index (χ2n) is 8.13. The fourth-order valence-corrected chi connectivity index (χ4v) is 4.37. The van der Waals surface area contributed by atoms with E-state index < -0.39 is 16.1 Å². The monoisotopic (exact) mass is 506 g/mol. The van der Waals surface area contributed by atoms with Gasteiger partial charge in [0, 0.05) is 11.6 Å². The number of sulfonamides is 1. The number of hydrogen-bond donors (Lipinski definition) is 2. The van der Waals surface area contributed by atoms with Crippen molar-refractivity contribution in [1.82, 2.24) is 10.0 Å². The molecule has 184 valence electrons. The molecule has 1 fully saturated rings. The van der Waals surface area contributed by atoms with Crippen molar-refractivity contribution in [3.8, 4) is 11.5 Å². The van der Waals surface area contributed by atoms with Crippen LogP contribution in [0.15, 0.2) is 48.5 Å². The summed E-state index contributed by atoms with van der Waals surface area (Å²) in [6, 6.07) is 12.5. The van der Waals surface area contributed by atoms with Crippen molar-refractivity contribution in [3.05, 3.63) is 64.7 Å². The van der Waals surface area contributed by atoms with Crippen LogP contribution in [0, 0.1) is 5.92 Å². The largest absolute Gasteiger partial charge is 0.493 e. The zero-order valence-corrected chi connectivity index (χ0v) is 21.0. The minimum absolute atomic E-state index is 0.0470. The molecule has 0 saturated heterocycles. The first-order valence-corrected chi connectivity index (χ1v) is 13.3. The molecule has 0 bridgehead atoms. The number of carbonyl (C=O) groups is 1. The second kappa shape index (κ2) is 12.2. The van der Waals surface area contributed by atoms with Crippen LogP contribution >= 0.6 is 11.6 Å². The van der Waals surface area contributed by atoms with Gasteiger partial charge >= 0.3 is 0 Å². The molecule has 1 aliphatic rings. The molecule has 0 radical (unpaired) electrons. The van der Waals surface area contributed by atoms with Gasteiger partial charge in [0.1, 0.15) is 12.6 Å². The van der Waals surface area contributed by atoms with E-state index in [4.69, 9.17) is 21.1 Å². The molecular weight excluding hydrogens is 476 g/mol. The average molecular weight is 507 g/mol. The van der Waals surface area contributed by atoms with Crippen LogP contribution < -0.4 is 19.5 Å². The molecule has 3 rings (SSSR count). The third-order valence-electron chi connectivity index (χ3n) is 5.52. The van der Waals surface area contributed by atoms with Crippen LogP contribution in [0.25, 0.3) is 6.08 Å². The van der Waals surface area contributed by atoms with E-state index in [0.717, 1.165) is 24.0 Å². The Morgan fingerprint density at radius 1 is 1.18 bits per heavy atom. The standard InChI is InChI=1S/C25H31ClN2O5S/c1-3-34(30,31)28-24(20-9-10-20)25(29)27-15-14-19-8-13-22(23(17-19)32-2)33-16-4-5-18-6-11-21(26)12-7-18/h4-8,11-13,17,20,24,28H,3,9-10,14-16H2,1-2H3,(H,27,29). The molecule has 0 spiro atoms. The molecule has 7 nitrogen and oxygen atoms in total. The predicted molar refractivity (Wildman–Crippen MR) is 135 cm³/mol. The fraction of sp³-hybridized carbons (Fsp3) is 0.400. The summed E-state index contributed by atoms with van der Waals surface area (Å²) in [4.78, 5) is 12.6. The van der Waals surface area contributed by atoms with E-state index in [1.807, 2.05) is 54.6 Å². The number of benzene rings is 2. The Morgan fingerprint density at radius 2 is 1.91 bits per heavy atom. The van der Waals surface area contributed by atoms with Crippen molar-refractivity contribution >= 4 is 33.6 Å². The van der Waals surface area contributed by atoms with Crippen LogP contribution in [0.2, 0.25) is 5.02 Å². The highest BCUT2D eigenvalue weighted by atomic mass is 35.5. The van der Waals surface area contributed by atoms with Gasteiger partial charge in [-0.3, -0.25) is 4.79 Å². The Bertz CT molecular complexity index is 1100. The molecule has 9 heteroatoms. The minimum Gasteiger partial charge on any atom is -0.493 e. The second-order valence-corrected chi connectivity index (χ2v) is 10.6. The van der Waals surface area contributed by atoms with Crippen LogP contribution in [0.5, 0.6) is 11.5 Å². The smallest absolute Gasteiger partial charge is 0.238 e. The summed E-state index contributed by atoms with van der Waals surface area (Å²) >= 11 is 5.90. The molecule has 1 saturated carbocycles. The third-order valence-corrected chi connectivity index (χ3v) is 7.14. The van der Waals surface area contributed by atoms with E-state index in [9.17, 15) is 13.2 Å². The van der Waals surface area contributed by atoms with E-state index in [2.05, 4.69) is 10.0 Å². The number of methoxy groups -OCH3 is 1. The molecule has 2 aromatic carbocycles. The first-order chi connectivity index (χ1) is 16.3. The zero-order valence-electron chi connectivity index (χ0n) is 19.4. The maximum Gasteiger partial charge on any atom is 0.238 e. The Labute approximate surface area is 206 Å². The third kappa shape index (κ3) is 8.04. The van der Waals surface area contributed by atoms with E-state index in [0.29, 0.717) is 36.1 Å². The molecule has 2 aromatic rings. The van der Waals surface area contributed by atoms with Crippen molar-refractivity contribution < 1.29 is 22.7 Å². The number of carbonyl (C=O) groups excluding carboxylic acids is 1. The number of hydrogen-bond acceptors (Lipinski definition) is 5. The minimum atomic E-state index is -3.44. The topological polar surface area (TPSA) is 93.7 Å². The number of rotatable bonds is 13. The Morgan fingerprint density at radius 3 is 2.56 bits per heavy atom. The van der Waals surface area contributed by atoms with Gasteiger partial charge in [-0.1, -0.05) is 35.9 Å². The van der Waals surface area contributed by atoms with Crippen molar-refractivity contribution in [3.63, 3.8) is 0 Å². The van der Waals surface area contributed by atoms with Gasteiger partial charge in [0.25, 0.3) is 0 Å². The van der Waals surface area contributed by atoms with E-state index in [-0.39, 0.29) is 17.6 Å². The van der Waals surface area contributed by atoms with Crippen LogP contribution in [0.4, 0.5) is 0 Å². The molecule has 1 atom stereocenters. The van der Waals surface area contributed by atoms with E-state index in [1.165, 1.54) is 0 Å².